The van der Waals surface area contributed by atoms with E-state index in [2.05, 4.69) is 20.5 Å². The summed E-state index contributed by atoms with van der Waals surface area (Å²) in [5.74, 6) is -1.26. The van der Waals surface area contributed by atoms with E-state index < -0.39 is 18.1 Å². The number of likely N-dealkylation sites (tertiary alicyclic amines) is 1. The molecule has 0 spiro atoms. The number of hydrogen-bond acceptors (Lipinski definition) is 9. The fraction of sp³-hybridized carbons (Fsp3) is 0.658. The smallest absolute Gasteiger partial charge is 0.303 e. The van der Waals surface area contributed by atoms with Crippen molar-refractivity contribution in [3.05, 3.63) is 52.0 Å². The first-order valence-corrected chi connectivity index (χ1v) is 19.0. The standard InChI is InChI=1S/C38H59N5O6S/c1-9-26(5)34(41-36(47)31-17-13-14-18-42(31)7)38(48)43(8)32(24(2)3)21-33(49-27(6)45)37-40-30(23-50-37)35(46)39-29(19-25(4)22-44)20-28-15-11-10-12-16-28/h10-12,15-16,23-26,29,31-34,44H,9,13-14,17-22H2,1-8H3,(H,39,46)(H,41,47)/t25?,26-,29?,31?,32+,33?,34?/m0/s1. The highest BCUT2D eigenvalue weighted by Gasteiger charge is 2.37. The molecule has 2 heterocycles. The maximum Gasteiger partial charge on any atom is 0.303 e. The number of aliphatic hydroxyl groups is 1. The largest absolute Gasteiger partial charge is 0.455 e. The second-order valence-electron chi connectivity index (χ2n) is 14.4. The van der Waals surface area contributed by atoms with Gasteiger partial charge in [0.25, 0.3) is 5.91 Å². The van der Waals surface area contributed by atoms with Crippen LogP contribution in [0.15, 0.2) is 35.7 Å². The molecule has 1 fully saturated rings. The van der Waals surface area contributed by atoms with E-state index in [1.807, 2.05) is 72.0 Å². The molecule has 278 valence electrons. The highest BCUT2D eigenvalue weighted by molar-refractivity contribution is 7.09. The molecular formula is C38H59N5O6S. The van der Waals surface area contributed by atoms with E-state index in [0.717, 1.165) is 31.4 Å². The van der Waals surface area contributed by atoms with Gasteiger partial charge in [0, 0.05) is 44.5 Å². The third-order valence-electron chi connectivity index (χ3n) is 9.92. The van der Waals surface area contributed by atoms with Crippen molar-refractivity contribution in [1.29, 1.82) is 0 Å². The van der Waals surface area contributed by atoms with Crippen LogP contribution in [0.4, 0.5) is 0 Å². The van der Waals surface area contributed by atoms with Gasteiger partial charge in [0.2, 0.25) is 11.8 Å². The summed E-state index contributed by atoms with van der Waals surface area (Å²) in [7, 11) is 3.70. The van der Waals surface area contributed by atoms with E-state index in [1.54, 1.807) is 17.3 Å². The lowest BCUT2D eigenvalue weighted by Crippen LogP contribution is -2.58. The molecule has 1 aromatic carbocycles. The maximum absolute atomic E-state index is 14.2. The van der Waals surface area contributed by atoms with Gasteiger partial charge in [0.05, 0.1) is 6.04 Å². The first-order valence-electron chi connectivity index (χ1n) is 18.1. The van der Waals surface area contributed by atoms with Crippen LogP contribution in [0.5, 0.6) is 0 Å². The Kier molecular flexibility index (Phi) is 16.3. The Morgan fingerprint density at radius 3 is 2.38 bits per heavy atom. The van der Waals surface area contributed by atoms with Gasteiger partial charge in [-0.3, -0.25) is 24.1 Å². The summed E-state index contributed by atoms with van der Waals surface area (Å²) < 4.78 is 5.79. The molecule has 1 aliphatic heterocycles. The lowest BCUT2D eigenvalue weighted by atomic mass is 9.92. The third kappa shape index (κ3) is 11.9. The zero-order valence-corrected chi connectivity index (χ0v) is 32.0. The van der Waals surface area contributed by atoms with E-state index in [9.17, 15) is 24.3 Å². The Labute approximate surface area is 302 Å². The number of amides is 3. The predicted octanol–water partition coefficient (Wildman–Crippen LogP) is 5.00. The van der Waals surface area contributed by atoms with Gasteiger partial charge in [-0.05, 0) is 62.6 Å². The quantitative estimate of drug-likeness (QED) is 0.184. The highest BCUT2D eigenvalue weighted by Crippen LogP contribution is 2.31. The van der Waals surface area contributed by atoms with Crippen LogP contribution in [0.2, 0.25) is 0 Å². The zero-order valence-electron chi connectivity index (χ0n) is 31.2. The van der Waals surface area contributed by atoms with Crippen LogP contribution in [0.1, 0.15) is 107 Å². The minimum absolute atomic E-state index is 0.00199. The maximum atomic E-state index is 14.2. The minimum Gasteiger partial charge on any atom is -0.455 e. The van der Waals surface area contributed by atoms with Crippen LogP contribution in [0, 0.1) is 17.8 Å². The molecule has 12 heteroatoms. The molecule has 50 heavy (non-hydrogen) atoms. The van der Waals surface area contributed by atoms with E-state index >= 15 is 0 Å². The molecule has 7 atom stereocenters. The van der Waals surface area contributed by atoms with Crippen molar-refractivity contribution < 1.29 is 29.0 Å². The number of thiazole rings is 1. The Morgan fingerprint density at radius 1 is 1.08 bits per heavy atom. The van der Waals surface area contributed by atoms with E-state index in [4.69, 9.17) is 4.74 Å². The van der Waals surface area contributed by atoms with Gasteiger partial charge < -0.3 is 25.4 Å². The molecule has 2 aromatic rings. The number of ether oxygens (including phenoxy) is 1. The van der Waals surface area contributed by atoms with Gasteiger partial charge in [-0.1, -0.05) is 77.8 Å². The summed E-state index contributed by atoms with van der Waals surface area (Å²) in [5, 5.41) is 18.0. The molecule has 0 aliphatic carbocycles. The number of nitrogens with zero attached hydrogens (tertiary/aromatic N) is 3. The lowest BCUT2D eigenvalue weighted by molar-refractivity contribution is -0.149. The van der Waals surface area contributed by atoms with Gasteiger partial charge in [-0.15, -0.1) is 11.3 Å². The van der Waals surface area contributed by atoms with Crippen molar-refractivity contribution in [1.82, 2.24) is 25.4 Å². The second-order valence-corrected chi connectivity index (χ2v) is 15.3. The van der Waals surface area contributed by atoms with Gasteiger partial charge in [-0.2, -0.15) is 0 Å². The topological polar surface area (TPSA) is 141 Å². The summed E-state index contributed by atoms with van der Waals surface area (Å²) in [5.41, 5.74) is 1.29. The van der Waals surface area contributed by atoms with Gasteiger partial charge >= 0.3 is 5.97 Å². The highest BCUT2D eigenvalue weighted by atomic mass is 32.1. The van der Waals surface area contributed by atoms with Crippen molar-refractivity contribution in [3.8, 4) is 0 Å². The van der Waals surface area contributed by atoms with Crippen LogP contribution in [-0.4, -0.2) is 95.0 Å². The number of piperidine rings is 1. The molecule has 0 bridgehead atoms. The molecule has 0 radical (unpaired) electrons. The van der Waals surface area contributed by atoms with Crippen molar-refractivity contribution in [2.24, 2.45) is 17.8 Å². The normalized spacial score (nSPS) is 18.7. The average Bonchev–Trinajstić information content (AvgIpc) is 3.59. The number of aliphatic hydroxyl groups excluding tert-OH is 1. The summed E-state index contributed by atoms with van der Waals surface area (Å²) in [6.07, 6.45) is 4.19. The average molecular weight is 714 g/mol. The number of hydrogen-bond donors (Lipinski definition) is 3. The van der Waals surface area contributed by atoms with Gasteiger partial charge in [0.1, 0.15) is 16.7 Å². The number of carbonyl (C=O) groups is 4. The molecule has 3 rings (SSSR count). The number of carbonyl (C=O) groups excluding carboxylic acids is 4. The summed E-state index contributed by atoms with van der Waals surface area (Å²) in [4.78, 5) is 61.7. The SMILES string of the molecule is CC[C@H](C)C(NC(=O)C1CCCCN1C)C(=O)N(C)[C@H](CC(OC(C)=O)c1nc(C(=O)NC(Cc2ccccc2)CC(C)CO)cs1)C(C)C. The van der Waals surface area contributed by atoms with Crippen LogP contribution in [-0.2, 0) is 25.5 Å². The fourth-order valence-corrected chi connectivity index (χ4v) is 7.51. The van der Waals surface area contributed by atoms with Crippen molar-refractivity contribution in [3.63, 3.8) is 0 Å². The molecule has 3 amide bonds. The first kappa shape index (κ1) is 41.1. The fourth-order valence-electron chi connectivity index (χ4n) is 6.67. The number of benzene rings is 1. The molecule has 3 N–H and O–H groups in total. The Bertz CT molecular complexity index is 1390. The van der Waals surface area contributed by atoms with Gasteiger partial charge in [-0.25, -0.2) is 4.98 Å². The molecule has 5 unspecified atom stereocenters. The summed E-state index contributed by atoms with van der Waals surface area (Å²) in [6, 6.07) is 8.34. The number of esters is 1. The molecule has 11 nitrogen and oxygen atoms in total. The number of aromatic nitrogens is 1. The molecular weight excluding hydrogens is 655 g/mol. The predicted molar refractivity (Wildman–Crippen MR) is 197 cm³/mol. The Hall–Kier alpha value is -3.35. The summed E-state index contributed by atoms with van der Waals surface area (Å²) >= 11 is 1.24. The van der Waals surface area contributed by atoms with Crippen LogP contribution in [0.25, 0.3) is 0 Å². The third-order valence-corrected chi connectivity index (χ3v) is 10.9. The van der Waals surface area contributed by atoms with Crippen molar-refractivity contribution in [2.75, 3.05) is 27.2 Å². The number of rotatable bonds is 18. The number of likely N-dealkylation sites (N-methyl/N-ethyl adjacent to an activating group) is 2. The first-order chi connectivity index (χ1) is 23.7. The van der Waals surface area contributed by atoms with E-state index in [1.165, 1.54) is 18.3 Å². The monoisotopic (exact) mass is 713 g/mol. The van der Waals surface area contributed by atoms with Crippen LogP contribution in [0.3, 0.4) is 0 Å². The summed E-state index contributed by atoms with van der Waals surface area (Å²) in [6.45, 7) is 12.1. The number of nitrogens with one attached hydrogen (secondary N) is 2. The van der Waals surface area contributed by atoms with E-state index in [-0.39, 0.29) is 72.3 Å². The Morgan fingerprint density at radius 2 is 1.78 bits per heavy atom. The minimum atomic E-state index is -0.788. The second kappa shape index (κ2) is 19.9. The Balaban J connectivity index is 1.80. The molecule has 1 aliphatic rings. The molecule has 0 saturated carbocycles. The lowest BCUT2D eigenvalue weighted by Gasteiger charge is -2.38. The van der Waals surface area contributed by atoms with Crippen LogP contribution < -0.4 is 10.6 Å². The zero-order chi connectivity index (χ0) is 37.0. The molecule has 1 saturated heterocycles. The van der Waals surface area contributed by atoms with E-state index in [0.29, 0.717) is 24.3 Å². The molecule has 1 aromatic heterocycles. The van der Waals surface area contributed by atoms with Crippen LogP contribution >= 0.6 is 11.3 Å². The van der Waals surface area contributed by atoms with Crippen molar-refractivity contribution in [2.45, 2.75) is 117 Å². The van der Waals surface area contributed by atoms with Crippen molar-refractivity contribution >= 4 is 35.0 Å². The van der Waals surface area contributed by atoms with Gasteiger partial charge in [0.15, 0.2) is 6.10 Å².